The van der Waals surface area contributed by atoms with Crippen molar-refractivity contribution < 1.29 is 14.2 Å². The molecule has 96 valence electrons. The SMILES string of the molecule is CCOC(COc1ccc(N)cc1C)OCC. The zero-order valence-corrected chi connectivity index (χ0v) is 10.7. The molecule has 0 unspecified atom stereocenters. The summed E-state index contributed by atoms with van der Waals surface area (Å²) >= 11 is 0. The molecule has 1 aromatic rings. The van der Waals surface area contributed by atoms with Crippen LogP contribution in [0, 0.1) is 6.92 Å². The number of anilines is 1. The second-order valence-electron chi connectivity index (χ2n) is 3.68. The van der Waals surface area contributed by atoms with E-state index < -0.39 is 0 Å². The van der Waals surface area contributed by atoms with Crippen LogP contribution in [0.25, 0.3) is 0 Å². The van der Waals surface area contributed by atoms with Crippen LogP contribution in [0.3, 0.4) is 0 Å². The Morgan fingerprint density at radius 3 is 2.35 bits per heavy atom. The number of aryl methyl sites for hydroxylation is 1. The highest BCUT2D eigenvalue weighted by Gasteiger charge is 2.09. The van der Waals surface area contributed by atoms with Crippen molar-refractivity contribution in [3.63, 3.8) is 0 Å². The van der Waals surface area contributed by atoms with Crippen LogP contribution in [0.1, 0.15) is 19.4 Å². The van der Waals surface area contributed by atoms with E-state index in [4.69, 9.17) is 19.9 Å². The summed E-state index contributed by atoms with van der Waals surface area (Å²) in [5.41, 5.74) is 7.42. The summed E-state index contributed by atoms with van der Waals surface area (Å²) < 4.78 is 16.4. The van der Waals surface area contributed by atoms with Gasteiger partial charge in [-0.05, 0) is 44.5 Å². The van der Waals surface area contributed by atoms with Crippen molar-refractivity contribution in [3.8, 4) is 5.75 Å². The standard InChI is InChI=1S/C13H21NO3/c1-4-15-13(16-5-2)9-17-12-7-6-11(14)8-10(12)3/h6-8,13H,4-5,9,14H2,1-3H3. The lowest BCUT2D eigenvalue weighted by atomic mass is 10.2. The molecule has 0 saturated carbocycles. The molecule has 0 atom stereocenters. The average Bonchev–Trinajstić information content (AvgIpc) is 2.28. The monoisotopic (exact) mass is 239 g/mol. The molecule has 1 rings (SSSR count). The van der Waals surface area contributed by atoms with Gasteiger partial charge in [0, 0.05) is 18.9 Å². The van der Waals surface area contributed by atoms with Crippen LogP contribution in [-0.4, -0.2) is 26.1 Å². The Kier molecular flexibility index (Phi) is 5.80. The minimum absolute atomic E-state index is 0.318. The number of nitrogens with two attached hydrogens (primary N) is 1. The van der Waals surface area contributed by atoms with Gasteiger partial charge in [-0.1, -0.05) is 0 Å². The highest BCUT2D eigenvalue weighted by atomic mass is 16.7. The summed E-state index contributed by atoms with van der Waals surface area (Å²) in [5.74, 6) is 0.809. The lowest BCUT2D eigenvalue weighted by Gasteiger charge is -2.18. The first kappa shape index (κ1) is 13.8. The van der Waals surface area contributed by atoms with Crippen molar-refractivity contribution in [1.29, 1.82) is 0 Å². The van der Waals surface area contributed by atoms with E-state index in [1.807, 2.05) is 39.0 Å². The molecule has 0 radical (unpaired) electrons. The number of benzene rings is 1. The zero-order valence-electron chi connectivity index (χ0n) is 10.7. The first-order chi connectivity index (χ1) is 8.17. The molecule has 0 aliphatic rings. The quantitative estimate of drug-likeness (QED) is 0.586. The van der Waals surface area contributed by atoms with E-state index in [-0.39, 0.29) is 6.29 Å². The van der Waals surface area contributed by atoms with Crippen molar-refractivity contribution in [2.45, 2.75) is 27.1 Å². The molecule has 4 heteroatoms. The fourth-order valence-corrected chi connectivity index (χ4v) is 1.51. The second-order valence-corrected chi connectivity index (χ2v) is 3.68. The Morgan fingerprint density at radius 2 is 1.82 bits per heavy atom. The molecule has 4 nitrogen and oxygen atoms in total. The van der Waals surface area contributed by atoms with Gasteiger partial charge in [0.25, 0.3) is 0 Å². The molecule has 0 saturated heterocycles. The molecule has 2 N–H and O–H groups in total. The van der Waals surface area contributed by atoms with Gasteiger partial charge in [-0.2, -0.15) is 0 Å². The maximum atomic E-state index is 5.67. The Hall–Kier alpha value is -1.26. The number of hydrogen-bond acceptors (Lipinski definition) is 4. The van der Waals surface area contributed by atoms with Crippen LogP contribution in [0.5, 0.6) is 5.75 Å². The first-order valence-corrected chi connectivity index (χ1v) is 5.89. The lowest BCUT2D eigenvalue weighted by molar-refractivity contribution is -0.152. The second kappa shape index (κ2) is 7.14. The molecule has 0 bridgehead atoms. The summed E-state index contributed by atoms with van der Waals surface area (Å²) in [5, 5.41) is 0. The van der Waals surface area contributed by atoms with Gasteiger partial charge in [0.15, 0.2) is 6.29 Å². The molecule has 0 aromatic heterocycles. The number of nitrogen functional groups attached to an aromatic ring is 1. The van der Waals surface area contributed by atoms with Crippen LogP contribution < -0.4 is 10.5 Å². The van der Waals surface area contributed by atoms with E-state index in [1.165, 1.54) is 0 Å². The van der Waals surface area contributed by atoms with E-state index in [2.05, 4.69) is 0 Å². The predicted molar refractivity (Wildman–Crippen MR) is 68.1 cm³/mol. The van der Waals surface area contributed by atoms with Gasteiger partial charge >= 0.3 is 0 Å². The van der Waals surface area contributed by atoms with E-state index in [9.17, 15) is 0 Å². The molecular weight excluding hydrogens is 218 g/mol. The summed E-state index contributed by atoms with van der Waals surface area (Å²) in [6.45, 7) is 7.42. The summed E-state index contributed by atoms with van der Waals surface area (Å²) in [7, 11) is 0. The van der Waals surface area contributed by atoms with Gasteiger partial charge in [-0.15, -0.1) is 0 Å². The molecule has 0 aliphatic heterocycles. The van der Waals surface area contributed by atoms with Crippen LogP contribution in [-0.2, 0) is 9.47 Å². The van der Waals surface area contributed by atoms with Crippen molar-refractivity contribution in [3.05, 3.63) is 23.8 Å². The van der Waals surface area contributed by atoms with Crippen LogP contribution in [0.15, 0.2) is 18.2 Å². The summed E-state index contributed by atoms with van der Waals surface area (Å²) in [6.07, 6.45) is -0.318. The molecule has 0 heterocycles. The van der Waals surface area contributed by atoms with Crippen molar-refractivity contribution in [1.82, 2.24) is 0 Å². The van der Waals surface area contributed by atoms with E-state index in [0.717, 1.165) is 17.0 Å². The zero-order chi connectivity index (χ0) is 12.7. The van der Waals surface area contributed by atoms with Gasteiger partial charge < -0.3 is 19.9 Å². The number of hydrogen-bond donors (Lipinski definition) is 1. The topological polar surface area (TPSA) is 53.7 Å². The van der Waals surface area contributed by atoms with E-state index >= 15 is 0 Å². The normalized spacial score (nSPS) is 10.8. The van der Waals surface area contributed by atoms with Crippen LogP contribution >= 0.6 is 0 Å². The highest BCUT2D eigenvalue weighted by Crippen LogP contribution is 2.20. The van der Waals surface area contributed by atoms with Crippen molar-refractivity contribution >= 4 is 5.69 Å². The largest absolute Gasteiger partial charge is 0.488 e. The molecule has 1 aromatic carbocycles. The molecule has 0 fully saturated rings. The minimum atomic E-state index is -0.318. The Bertz CT molecular complexity index is 335. The Labute approximate surface area is 103 Å². The average molecular weight is 239 g/mol. The maximum absolute atomic E-state index is 5.67. The first-order valence-electron chi connectivity index (χ1n) is 5.89. The third-order valence-corrected chi connectivity index (χ3v) is 2.28. The van der Waals surface area contributed by atoms with Crippen molar-refractivity contribution in [2.24, 2.45) is 0 Å². The molecule has 0 aliphatic carbocycles. The molecule has 17 heavy (non-hydrogen) atoms. The lowest BCUT2D eigenvalue weighted by Crippen LogP contribution is -2.25. The number of rotatable bonds is 7. The van der Waals surface area contributed by atoms with E-state index in [1.54, 1.807) is 0 Å². The van der Waals surface area contributed by atoms with Gasteiger partial charge in [0.1, 0.15) is 12.4 Å². The Balaban J connectivity index is 2.52. The molecule has 0 amide bonds. The van der Waals surface area contributed by atoms with Gasteiger partial charge in [-0.25, -0.2) is 0 Å². The van der Waals surface area contributed by atoms with Gasteiger partial charge in [0.2, 0.25) is 0 Å². The maximum Gasteiger partial charge on any atom is 0.191 e. The smallest absolute Gasteiger partial charge is 0.191 e. The number of ether oxygens (including phenoxy) is 3. The summed E-state index contributed by atoms with van der Waals surface area (Å²) in [4.78, 5) is 0. The van der Waals surface area contributed by atoms with Crippen LogP contribution in [0.4, 0.5) is 5.69 Å². The van der Waals surface area contributed by atoms with Crippen LogP contribution in [0.2, 0.25) is 0 Å². The third-order valence-electron chi connectivity index (χ3n) is 2.28. The highest BCUT2D eigenvalue weighted by molar-refractivity contribution is 5.47. The van der Waals surface area contributed by atoms with E-state index in [0.29, 0.717) is 19.8 Å². The minimum Gasteiger partial charge on any atom is -0.488 e. The fraction of sp³-hybridized carbons (Fsp3) is 0.538. The fourth-order valence-electron chi connectivity index (χ4n) is 1.51. The molecular formula is C13H21NO3. The Morgan fingerprint density at radius 1 is 1.18 bits per heavy atom. The van der Waals surface area contributed by atoms with Crippen molar-refractivity contribution in [2.75, 3.05) is 25.6 Å². The summed E-state index contributed by atoms with van der Waals surface area (Å²) in [6, 6.07) is 5.56. The molecule has 0 spiro atoms. The predicted octanol–water partition coefficient (Wildman–Crippen LogP) is 2.36. The van der Waals surface area contributed by atoms with Gasteiger partial charge in [0.05, 0.1) is 0 Å². The third kappa shape index (κ3) is 4.63. The van der Waals surface area contributed by atoms with Gasteiger partial charge in [-0.3, -0.25) is 0 Å².